The summed E-state index contributed by atoms with van der Waals surface area (Å²) in [5.74, 6) is -0.690. The zero-order valence-electron chi connectivity index (χ0n) is 25.8. The van der Waals surface area contributed by atoms with Crippen LogP contribution >= 0.6 is 7.82 Å². The lowest BCUT2D eigenvalue weighted by Gasteiger charge is -2.23. The average molecular weight is 659 g/mol. The molecule has 1 aliphatic carbocycles. The maximum absolute atomic E-state index is 13.6. The van der Waals surface area contributed by atoms with E-state index in [1.807, 2.05) is 72.8 Å². The van der Waals surface area contributed by atoms with Crippen molar-refractivity contribution < 1.29 is 37.3 Å². The molecule has 3 aromatic rings. The Morgan fingerprint density at radius 3 is 2.02 bits per heavy atom. The van der Waals surface area contributed by atoms with Gasteiger partial charge in [-0.2, -0.15) is 0 Å². The number of phosphoric ester groups is 1. The van der Waals surface area contributed by atoms with Crippen LogP contribution in [0.3, 0.4) is 0 Å². The van der Waals surface area contributed by atoms with Gasteiger partial charge in [0.15, 0.2) is 0 Å². The number of likely N-dealkylation sites (tertiary alicyclic amines) is 1. The number of benzene rings is 3. The summed E-state index contributed by atoms with van der Waals surface area (Å²) >= 11 is 0. The molecule has 0 aromatic heterocycles. The van der Waals surface area contributed by atoms with Crippen LogP contribution in [0.5, 0.6) is 0 Å². The monoisotopic (exact) mass is 658 g/mol. The molecule has 1 N–H and O–H groups in total. The van der Waals surface area contributed by atoms with Crippen LogP contribution in [0.1, 0.15) is 23.6 Å². The summed E-state index contributed by atoms with van der Waals surface area (Å²) in [6.07, 6.45) is -0.941. The fraction of sp³-hybridized carbons (Fsp3) is 0.353. The highest BCUT2D eigenvalue weighted by Gasteiger charge is 2.77. The molecule has 0 radical (unpaired) electrons. The highest BCUT2D eigenvalue weighted by atomic mass is 31.2. The van der Waals surface area contributed by atoms with E-state index >= 15 is 0 Å². The quantitative estimate of drug-likeness (QED) is 0.203. The fourth-order valence-electron chi connectivity index (χ4n) is 6.26. The minimum Gasteiger partial charge on any atom is -0.442 e. The molecule has 0 bridgehead atoms. The summed E-state index contributed by atoms with van der Waals surface area (Å²) in [5.41, 5.74) is 2.26. The third kappa shape index (κ3) is 7.09. The van der Waals surface area contributed by atoms with Crippen LogP contribution in [0.25, 0.3) is 4.85 Å². The van der Waals surface area contributed by atoms with Gasteiger partial charge >= 0.3 is 13.9 Å². The Balaban J connectivity index is 1.04. The SMILES string of the molecule is [C-]#[N+]C1(c2ccc(N3C[C@H](CNC(C)=O)OC3=O)cc2)[C@@H]2CN(C(=O)COP(=O)(OCc3ccccc3)OCc3ccccc3)C[C@@H]21. The number of nitrogens with zero attached hydrogens (tertiary/aromatic N) is 3. The summed E-state index contributed by atoms with van der Waals surface area (Å²) in [6, 6.07) is 25.7. The molecule has 1 unspecified atom stereocenters. The number of amides is 3. The van der Waals surface area contributed by atoms with Gasteiger partial charge in [0.05, 0.1) is 38.1 Å². The lowest BCUT2D eigenvalue weighted by Crippen LogP contribution is -2.36. The third-order valence-corrected chi connectivity index (χ3v) is 10.1. The third-order valence-electron chi connectivity index (χ3n) is 8.78. The van der Waals surface area contributed by atoms with Gasteiger partial charge in [-0.25, -0.2) is 15.9 Å². The van der Waals surface area contributed by atoms with E-state index in [0.717, 1.165) is 16.7 Å². The van der Waals surface area contributed by atoms with Gasteiger partial charge in [-0.15, -0.1) is 0 Å². The van der Waals surface area contributed by atoms with Crippen molar-refractivity contribution in [2.75, 3.05) is 37.7 Å². The van der Waals surface area contributed by atoms with Gasteiger partial charge in [-0.1, -0.05) is 60.7 Å². The van der Waals surface area contributed by atoms with E-state index in [1.165, 1.54) is 11.8 Å². The van der Waals surface area contributed by atoms with E-state index in [0.29, 0.717) is 25.3 Å². The molecule has 2 aliphatic heterocycles. The van der Waals surface area contributed by atoms with E-state index in [1.54, 1.807) is 17.0 Å². The number of hydrogen-bond acceptors (Lipinski definition) is 8. The molecule has 3 aliphatic rings. The number of carbonyl (C=O) groups excluding carboxylic acids is 3. The van der Waals surface area contributed by atoms with Gasteiger partial charge in [-0.3, -0.25) is 28.1 Å². The zero-order chi connectivity index (χ0) is 33.0. The first-order valence-corrected chi connectivity index (χ1v) is 16.8. The molecular weight excluding hydrogens is 623 g/mol. The van der Waals surface area contributed by atoms with Crippen molar-refractivity contribution in [3.05, 3.63) is 113 Å². The summed E-state index contributed by atoms with van der Waals surface area (Å²) < 4.78 is 35.7. The number of ether oxygens (including phenoxy) is 1. The molecule has 3 amide bonds. The van der Waals surface area contributed by atoms with Gasteiger partial charge in [0.25, 0.3) is 5.54 Å². The number of anilines is 1. The number of piperidine rings is 1. The molecule has 2 saturated heterocycles. The summed E-state index contributed by atoms with van der Waals surface area (Å²) in [6.45, 7) is 10.2. The maximum atomic E-state index is 13.6. The van der Waals surface area contributed by atoms with E-state index in [4.69, 9.17) is 24.9 Å². The molecule has 1 saturated carbocycles. The highest BCUT2D eigenvalue weighted by molar-refractivity contribution is 7.48. The fourth-order valence-corrected chi connectivity index (χ4v) is 7.37. The molecule has 244 valence electrons. The van der Waals surface area contributed by atoms with E-state index in [9.17, 15) is 18.9 Å². The molecular formula is C34H35N4O8P. The number of rotatable bonds is 13. The van der Waals surface area contributed by atoms with Crippen LogP contribution < -0.4 is 10.2 Å². The minimum absolute atomic E-state index is 0.0160. The van der Waals surface area contributed by atoms with Gasteiger partial charge in [-0.05, 0) is 35.4 Å². The standard InChI is InChI=1S/C34H35N4O8P/c1-24(39)36-17-29-18-38(33(41)46-29)28-15-13-27(14-16-28)34(35-2)30-19-37(20-31(30)34)32(40)23-45-47(42,43-21-25-9-5-3-6-10-25)44-22-26-11-7-4-8-12-26/h3-16,29-31H,17-23H2,1H3,(H,36,39)/t29-,30-,31+,34?/m0/s1. The number of nitrogens with one attached hydrogen (secondary N) is 1. The molecule has 13 heteroatoms. The number of carbonyl (C=O) groups is 3. The zero-order valence-corrected chi connectivity index (χ0v) is 26.7. The molecule has 2 heterocycles. The normalized spacial score (nSPS) is 23.1. The predicted octanol–water partition coefficient (Wildman–Crippen LogP) is 4.91. The first-order valence-electron chi connectivity index (χ1n) is 15.3. The summed E-state index contributed by atoms with van der Waals surface area (Å²) in [7, 11) is -4.11. The van der Waals surface area contributed by atoms with Gasteiger partial charge in [0, 0.05) is 31.3 Å². The lowest BCUT2D eigenvalue weighted by molar-refractivity contribution is -0.133. The second-order valence-electron chi connectivity index (χ2n) is 11.8. The van der Waals surface area contributed by atoms with Crippen molar-refractivity contribution in [3.8, 4) is 0 Å². The summed E-state index contributed by atoms with van der Waals surface area (Å²) in [4.78, 5) is 44.0. The van der Waals surface area contributed by atoms with Crippen LogP contribution in [0.15, 0.2) is 84.9 Å². The Labute approximate surface area is 273 Å². The second kappa shape index (κ2) is 13.7. The molecule has 12 nitrogen and oxygen atoms in total. The summed E-state index contributed by atoms with van der Waals surface area (Å²) in [5, 5.41) is 2.66. The van der Waals surface area contributed by atoms with E-state index in [-0.39, 0.29) is 43.4 Å². The Morgan fingerprint density at radius 2 is 1.49 bits per heavy atom. The Bertz CT molecular complexity index is 1640. The maximum Gasteiger partial charge on any atom is 0.475 e. The van der Waals surface area contributed by atoms with Crippen molar-refractivity contribution in [1.29, 1.82) is 0 Å². The average Bonchev–Trinajstić information content (AvgIpc) is 3.34. The van der Waals surface area contributed by atoms with Crippen LogP contribution in [-0.4, -0.2) is 61.7 Å². The minimum atomic E-state index is -4.11. The van der Waals surface area contributed by atoms with Crippen LogP contribution in [0.2, 0.25) is 0 Å². The Kier molecular flexibility index (Phi) is 9.43. The van der Waals surface area contributed by atoms with Gasteiger partial charge in [0.2, 0.25) is 11.8 Å². The number of hydrogen-bond donors (Lipinski definition) is 1. The first kappa shape index (κ1) is 32.4. The molecule has 3 fully saturated rings. The molecule has 47 heavy (non-hydrogen) atoms. The van der Waals surface area contributed by atoms with Gasteiger partial charge < -0.3 is 19.8 Å². The van der Waals surface area contributed by atoms with Crippen molar-refractivity contribution in [3.63, 3.8) is 0 Å². The van der Waals surface area contributed by atoms with Crippen LogP contribution in [-0.2, 0) is 51.2 Å². The largest absolute Gasteiger partial charge is 0.475 e. The molecule has 4 atom stereocenters. The molecule has 3 aromatic carbocycles. The van der Waals surface area contributed by atoms with Crippen LogP contribution in [0, 0.1) is 18.4 Å². The van der Waals surface area contributed by atoms with Crippen molar-refractivity contribution >= 4 is 31.4 Å². The van der Waals surface area contributed by atoms with Crippen molar-refractivity contribution in [2.45, 2.75) is 31.8 Å². The number of phosphoric acid groups is 1. The Morgan fingerprint density at radius 1 is 0.915 bits per heavy atom. The molecule has 0 spiro atoms. The Hall–Kier alpha value is -4.53. The lowest BCUT2D eigenvalue weighted by atomic mass is 9.99. The van der Waals surface area contributed by atoms with E-state index in [2.05, 4.69) is 10.2 Å². The topological polar surface area (TPSA) is 128 Å². The molecule has 6 rings (SSSR count). The first-order chi connectivity index (χ1) is 22.7. The van der Waals surface area contributed by atoms with Gasteiger partial charge in [0.1, 0.15) is 12.7 Å². The van der Waals surface area contributed by atoms with Crippen molar-refractivity contribution in [1.82, 2.24) is 10.2 Å². The van der Waals surface area contributed by atoms with E-state index < -0.39 is 32.2 Å². The highest BCUT2D eigenvalue weighted by Crippen LogP contribution is 2.64. The second-order valence-corrected chi connectivity index (χ2v) is 13.5. The van der Waals surface area contributed by atoms with Crippen molar-refractivity contribution in [2.24, 2.45) is 11.8 Å². The predicted molar refractivity (Wildman–Crippen MR) is 171 cm³/mol. The smallest absolute Gasteiger partial charge is 0.442 e. The van der Waals surface area contributed by atoms with Crippen LogP contribution in [0.4, 0.5) is 10.5 Å². The number of cyclic esters (lactones) is 1. The number of fused-ring (bicyclic) bond motifs is 1.